The molecule has 5 nitrogen and oxygen atoms in total. The van der Waals surface area contributed by atoms with E-state index >= 15 is 0 Å². The highest BCUT2D eigenvalue weighted by molar-refractivity contribution is 7.54. The van der Waals surface area contributed by atoms with Crippen LogP contribution in [0.15, 0.2) is 37.0 Å². The molecule has 0 saturated carbocycles. The summed E-state index contributed by atoms with van der Waals surface area (Å²) in [4.78, 5) is 10.6. The molecule has 0 fully saturated rings. The minimum Gasteiger partial charge on any atom is -0.478 e. The Labute approximate surface area is 101 Å². The van der Waals surface area contributed by atoms with E-state index in [0.717, 1.165) is 0 Å². The van der Waals surface area contributed by atoms with Gasteiger partial charge in [0.2, 0.25) is 0 Å². The van der Waals surface area contributed by atoms with Gasteiger partial charge in [-0.05, 0) is 6.92 Å². The first-order valence-electron chi connectivity index (χ1n) is 4.95. The predicted molar refractivity (Wildman–Crippen MR) is 66.2 cm³/mol. The van der Waals surface area contributed by atoms with Gasteiger partial charge in [0, 0.05) is 5.57 Å². The van der Waals surface area contributed by atoms with Crippen LogP contribution in [0.2, 0.25) is 0 Å². The molecule has 0 aromatic carbocycles. The predicted octanol–water partition coefficient (Wildman–Crippen LogP) is 2.62. The third-order valence-electron chi connectivity index (χ3n) is 1.74. The Hall–Kier alpha value is -1.16. The zero-order valence-electron chi connectivity index (χ0n) is 9.80. The third-order valence-corrected chi connectivity index (χ3v) is 3.45. The average molecular weight is 260 g/mol. The fourth-order valence-electron chi connectivity index (χ4n) is 0.811. The third kappa shape index (κ3) is 6.89. The average Bonchev–Trinajstić information content (AvgIpc) is 2.31. The van der Waals surface area contributed by atoms with Crippen LogP contribution in [0.4, 0.5) is 0 Å². The Morgan fingerprint density at radius 1 is 1.29 bits per heavy atom. The van der Waals surface area contributed by atoms with Crippen LogP contribution in [0.25, 0.3) is 0 Å². The maximum Gasteiger partial charge on any atom is 0.335 e. The van der Waals surface area contributed by atoms with Gasteiger partial charge in [0.25, 0.3) is 0 Å². The van der Waals surface area contributed by atoms with Gasteiger partial charge in [-0.15, -0.1) is 13.2 Å². The number of carboxylic acids is 1. The Kier molecular flexibility index (Phi) is 7.46. The van der Waals surface area contributed by atoms with Crippen molar-refractivity contribution in [1.82, 2.24) is 0 Å². The Morgan fingerprint density at radius 2 is 1.76 bits per heavy atom. The number of rotatable bonds is 9. The number of carbonyl (C=O) groups is 1. The van der Waals surface area contributed by atoms with Crippen LogP contribution in [0, 0.1) is 0 Å². The van der Waals surface area contributed by atoms with Crippen molar-refractivity contribution >= 4 is 13.6 Å². The van der Waals surface area contributed by atoms with E-state index in [1.165, 1.54) is 25.2 Å². The lowest BCUT2D eigenvalue weighted by Crippen LogP contribution is -2.02. The summed E-state index contributed by atoms with van der Waals surface area (Å²) in [5.74, 6) is -1.07. The maximum absolute atomic E-state index is 12.1. The van der Waals surface area contributed by atoms with Crippen molar-refractivity contribution in [3.63, 3.8) is 0 Å². The van der Waals surface area contributed by atoms with Gasteiger partial charge in [0.05, 0.1) is 19.4 Å². The lowest BCUT2D eigenvalue weighted by atomic mass is 10.3. The maximum atomic E-state index is 12.1. The van der Waals surface area contributed by atoms with Crippen molar-refractivity contribution in [2.24, 2.45) is 0 Å². The fraction of sp³-hybridized carbons (Fsp3) is 0.364. The Morgan fingerprint density at radius 3 is 2.12 bits per heavy atom. The molecule has 96 valence electrons. The molecule has 0 unspecified atom stereocenters. The molecule has 0 heterocycles. The number of allylic oxidation sites excluding steroid dienone is 1. The van der Waals surface area contributed by atoms with E-state index in [0.29, 0.717) is 0 Å². The van der Waals surface area contributed by atoms with Crippen molar-refractivity contribution in [1.29, 1.82) is 0 Å². The van der Waals surface area contributed by atoms with Crippen LogP contribution in [0.5, 0.6) is 0 Å². The first kappa shape index (κ1) is 15.8. The summed E-state index contributed by atoms with van der Waals surface area (Å²) in [6.07, 6.45) is 4.11. The quantitative estimate of drug-likeness (QED) is 0.392. The van der Waals surface area contributed by atoms with Gasteiger partial charge < -0.3 is 14.2 Å². The molecule has 0 spiro atoms. The molecule has 6 heteroatoms. The van der Waals surface area contributed by atoms with Gasteiger partial charge in [-0.3, -0.25) is 4.57 Å². The van der Waals surface area contributed by atoms with Crippen molar-refractivity contribution in [2.75, 3.05) is 19.4 Å². The first-order valence-corrected chi connectivity index (χ1v) is 6.68. The van der Waals surface area contributed by atoms with Gasteiger partial charge >= 0.3 is 13.6 Å². The van der Waals surface area contributed by atoms with E-state index in [2.05, 4.69) is 13.2 Å². The van der Waals surface area contributed by atoms with Gasteiger partial charge in [-0.1, -0.05) is 18.2 Å². The van der Waals surface area contributed by atoms with E-state index < -0.39 is 13.6 Å². The molecule has 0 saturated heterocycles. The summed E-state index contributed by atoms with van der Waals surface area (Å²) in [6, 6.07) is 0. The number of aliphatic carboxylic acids is 1. The number of hydrogen-bond donors (Lipinski definition) is 1. The van der Waals surface area contributed by atoms with Gasteiger partial charge in [-0.2, -0.15) is 0 Å². The van der Waals surface area contributed by atoms with Crippen molar-refractivity contribution in [2.45, 2.75) is 6.92 Å². The van der Waals surface area contributed by atoms with E-state index in [1.54, 1.807) is 0 Å². The zero-order chi connectivity index (χ0) is 13.3. The van der Waals surface area contributed by atoms with Crippen LogP contribution in [-0.4, -0.2) is 30.5 Å². The lowest BCUT2D eigenvalue weighted by molar-refractivity contribution is -0.132. The van der Waals surface area contributed by atoms with Crippen LogP contribution >= 0.6 is 7.60 Å². The molecule has 0 radical (unpaired) electrons. The number of carboxylic acid groups (broad SMARTS) is 1. The minimum atomic E-state index is -3.33. The highest BCUT2D eigenvalue weighted by Crippen LogP contribution is 2.48. The van der Waals surface area contributed by atoms with Crippen LogP contribution < -0.4 is 0 Å². The molecule has 0 atom stereocenters. The molecule has 0 aliphatic heterocycles. The summed E-state index contributed by atoms with van der Waals surface area (Å²) in [5.41, 5.74) is 0.0923. The van der Waals surface area contributed by atoms with Crippen LogP contribution in [-0.2, 0) is 18.4 Å². The molecule has 0 rings (SSSR count). The summed E-state index contributed by atoms with van der Waals surface area (Å²) in [5, 5.41) is 8.66. The first-order chi connectivity index (χ1) is 7.95. The van der Waals surface area contributed by atoms with Crippen molar-refractivity contribution in [3.05, 3.63) is 37.0 Å². The fourth-order valence-corrected chi connectivity index (χ4v) is 2.26. The zero-order valence-corrected chi connectivity index (χ0v) is 10.7. The second kappa shape index (κ2) is 8.01. The van der Waals surface area contributed by atoms with Crippen molar-refractivity contribution in [3.8, 4) is 0 Å². The topological polar surface area (TPSA) is 72.8 Å². The molecule has 0 aromatic rings. The summed E-state index contributed by atoms with van der Waals surface area (Å²) >= 11 is 0. The van der Waals surface area contributed by atoms with Gasteiger partial charge in [-0.25, -0.2) is 4.79 Å². The van der Waals surface area contributed by atoms with Crippen molar-refractivity contribution < 1.29 is 23.5 Å². The van der Waals surface area contributed by atoms with Gasteiger partial charge in [0.15, 0.2) is 0 Å². The molecule has 1 N–H and O–H groups in total. The second-order valence-electron chi connectivity index (χ2n) is 3.15. The molecule has 0 aromatic heterocycles. The second-order valence-corrected chi connectivity index (χ2v) is 5.26. The standard InChI is InChI=1S/C11H17O5P/c1-4-7-15-17(14,16-8-5-2)9-6-10(3)11(12)13/h4-6H,1-2,7-9H2,3H3,(H,12,13)/b10-6+. The molecular weight excluding hydrogens is 243 g/mol. The minimum absolute atomic E-state index is 0.0778. The van der Waals surface area contributed by atoms with Gasteiger partial charge in [0.1, 0.15) is 0 Å². The summed E-state index contributed by atoms with van der Waals surface area (Å²) < 4.78 is 22.2. The Balaban J connectivity index is 4.62. The Bertz CT molecular complexity index is 343. The monoisotopic (exact) mass is 260 g/mol. The molecule has 0 bridgehead atoms. The highest BCUT2D eigenvalue weighted by atomic mass is 31.2. The van der Waals surface area contributed by atoms with E-state index in [9.17, 15) is 9.36 Å². The van der Waals surface area contributed by atoms with E-state index in [1.807, 2.05) is 0 Å². The largest absolute Gasteiger partial charge is 0.478 e. The highest BCUT2D eigenvalue weighted by Gasteiger charge is 2.22. The summed E-state index contributed by atoms with van der Waals surface area (Å²) in [7, 11) is -3.33. The van der Waals surface area contributed by atoms with Crippen LogP contribution in [0.1, 0.15) is 6.92 Å². The molecule has 0 aliphatic rings. The normalized spacial score (nSPS) is 12.2. The number of hydrogen-bond acceptors (Lipinski definition) is 4. The van der Waals surface area contributed by atoms with E-state index in [-0.39, 0.29) is 24.9 Å². The molecular formula is C11H17O5P. The smallest absolute Gasteiger partial charge is 0.335 e. The van der Waals surface area contributed by atoms with E-state index in [4.69, 9.17) is 14.2 Å². The van der Waals surface area contributed by atoms with Crippen LogP contribution in [0.3, 0.4) is 0 Å². The molecule has 0 aliphatic carbocycles. The summed E-state index contributed by atoms with van der Waals surface area (Å²) in [6.45, 7) is 8.44. The molecule has 17 heavy (non-hydrogen) atoms. The lowest BCUT2D eigenvalue weighted by Gasteiger charge is -2.15. The molecule has 0 amide bonds. The SMILES string of the molecule is C=CCOP(=O)(C/C=C(\C)C(=O)O)OCC=C.